The smallest absolute Gasteiger partial charge is 0.391 e. The van der Waals surface area contributed by atoms with E-state index in [-0.39, 0.29) is 67.9 Å². The van der Waals surface area contributed by atoms with Crippen LogP contribution in [0.15, 0.2) is 141 Å². The van der Waals surface area contributed by atoms with Gasteiger partial charge in [0, 0.05) is 111 Å². The molecular weight excluding hydrogens is 1490 g/mol. The van der Waals surface area contributed by atoms with E-state index in [1.165, 1.54) is 39.4 Å². The van der Waals surface area contributed by atoms with Crippen molar-refractivity contribution in [2.75, 3.05) is 108 Å². The predicted molar refractivity (Wildman–Crippen MR) is 413 cm³/mol. The summed E-state index contributed by atoms with van der Waals surface area (Å²) in [5.41, 5.74) is 3.44. The molecule has 5 N–H and O–H groups in total. The van der Waals surface area contributed by atoms with Gasteiger partial charge in [-0.05, 0) is 152 Å². The van der Waals surface area contributed by atoms with Crippen molar-refractivity contribution in [3.8, 4) is 10.4 Å². The first-order chi connectivity index (χ1) is 51.2. The van der Waals surface area contributed by atoms with Crippen molar-refractivity contribution in [3.63, 3.8) is 0 Å². The Hall–Kier alpha value is -7.45. The minimum Gasteiger partial charge on any atom is -0.391 e. The highest BCUT2D eigenvalue weighted by molar-refractivity contribution is 7.99. The van der Waals surface area contributed by atoms with Crippen LogP contribution in [0.3, 0.4) is 0 Å². The molecule has 30 heteroatoms. The van der Waals surface area contributed by atoms with Gasteiger partial charge < -0.3 is 45.2 Å². The number of anilines is 2. The summed E-state index contributed by atoms with van der Waals surface area (Å²) in [5.74, 6) is -2.67. The van der Waals surface area contributed by atoms with Crippen LogP contribution in [0.25, 0.3) is 16.0 Å². The molecule has 22 nitrogen and oxygen atoms in total. The molecule has 2 unspecified atom stereocenters. The quantitative estimate of drug-likeness (QED) is 0.0226. The van der Waals surface area contributed by atoms with Crippen LogP contribution >= 0.6 is 34.7 Å². The number of benzene rings is 5. The van der Waals surface area contributed by atoms with E-state index < -0.39 is 107 Å². The number of likely N-dealkylation sites (tertiary alicyclic amines) is 1. The number of aliphatic hydroxyl groups excluding tert-OH is 1. The van der Waals surface area contributed by atoms with Crippen LogP contribution in [0.2, 0.25) is 5.02 Å². The molecule has 3 saturated heterocycles. The number of ether oxygens (including phenoxy) is 2. The Morgan fingerprint density at radius 3 is 2.19 bits per heavy atom. The summed E-state index contributed by atoms with van der Waals surface area (Å²) in [6.45, 7) is 17.9. The average molecular weight is 1590 g/mol. The summed E-state index contributed by atoms with van der Waals surface area (Å²) < 4.78 is 112. The lowest BCUT2D eigenvalue weighted by Gasteiger charge is -2.47. The van der Waals surface area contributed by atoms with Gasteiger partial charge in [0.05, 0.1) is 52.0 Å². The van der Waals surface area contributed by atoms with E-state index in [1.807, 2.05) is 85.3 Å². The van der Waals surface area contributed by atoms with Gasteiger partial charge in [0.25, 0.3) is 25.8 Å². The lowest BCUT2D eigenvalue weighted by Crippen LogP contribution is -2.58. The zero-order valence-electron chi connectivity index (χ0n) is 61.8. The number of alkyl halides is 3. The van der Waals surface area contributed by atoms with Crippen LogP contribution < -0.4 is 25.6 Å². The predicted octanol–water partition coefficient (Wildman–Crippen LogP) is 10.8. The monoisotopic (exact) mass is 1580 g/mol. The molecule has 582 valence electrons. The number of sulfonamides is 1. The summed E-state index contributed by atoms with van der Waals surface area (Å²) in [7, 11) is -11.2. The Morgan fingerprint density at radius 2 is 1.51 bits per heavy atom. The molecule has 0 bridgehead atoms. The number of halogens is 4. The molecule has 11 rings (SSSR count). The number of aliphatic hydroxyl groups is 1. The van der Waals surface area contributed by atoms with E-state index in [9.17, 15) is 59.1 Å². The van der Waals surface area contributed by atoms with Gasteiger partial charge in [0.1, 0.15) is 30.2 Å². The van der Waals surface area contributed by atoms with E-state index in [4.69, 9.17) is 21.1 Å². The summed E-state index contributed by atoms with van der Waals surface area (Å²) in [6, 6.07) is 29.4. The van der Waals surface area contributed by atoms with Crippen molar-refractivity contribution in [2.45, 2.75) is 150 Å². The normalized spacial score (nSPS) is 19.6. The van der Waals surface area contributed by atoms with Crippen LogP contribution in [0.4, 0.5) is 24.5 Å². The van der Waals surface area contributed by atoms with E-state index >= 15 is 0 Å². The van der Waals surface area contributed by atoms with E-state index in [0.717, 1.165) is 102 Å². The Kier molecular flexibility index (Phi) is 26.3. The molecule has 0 radical (unpaired) electrons. The minimum atomic E-state index is -6.20. The molecule has 108 heavy (non-hydrogen) atoms. The number of nitrogens with zero attached hydrogens (tertiary/aromatic N) is 6. The van der Waals surface area contributed by atoms with Gasteiger partial charge in [-0.25, -0.2) is 26.5 Å². The molecule has 1 aliphatic carbocycles. The number of hydrogen-bond donors (Lipinski definition) is 5. The molecular formula is C78H96ClF3N10O12S4. The summed E-state index contributed by atoms with van der Waals surface area (Å²) in [4.78, 5) is 82.4. The van der Waals surface area contributed by atoms with Crippen molar-refractivity contribution < 1.29 is 68.6 Å². The lowest BCUT2D eigenvalue weighted by atomic mass is 9.72. The second-order valence-corrected chi connectivity index (χ2v) is 36.4. The molecule has 3 fully saturated rings. The fourth-order valence-corrected chi connectivity index (χ4v) is 18.8. The largest absolute Gasteiger partial charge is 0.501 e. The molecule has 5 amide bonds. The molecule has 6 atom stereocenters. The maximum atomic E-state index is 14.7. The first kappa shape index (κ1) is 81.5. The van der Waals surface area contributed by atoms with Gasteiger partial charge in [-0.3, -0.25) is 33.8 Å². The molecule has 0 saturated carbocycles. The molecule has 5 heterocycles. The Balaban J connectivity index is 0.645. The molecule has 5 aliphatic rings. The van der Waals surface area contributed by atoms with Gasteiger partial charge >= 0.3 is 5.51 Å². The standard InChI is InChI=1S/C78H96ClF3N10O12S4/c1-50(52-13-15-54(16-14-52)71-51(2)83-49-106-71)84-74(97)67-40-61(93)45-92(67)75(98)72(76(3,4)5)86-69(94)46-103-37-38-104-47-70(95)90-34-31-88(32-35-90)30-28-59(48-105-62-11-9-8-10-12-62)85-65-25-24-63(41-68(65)107(99,100)78(80,81)82)108(101,102)87-73(96)56-20-26-66-55(39-56)19-23-60-44-89(33-36-91(60)66)43-57-42-77(6,7)29-27-64(57)53-17-21-58(79)22-18-53/h8-18,20-22,24-26,39,41,49-50,59-61,67,72,85,93H,19,23,27-38,40,42-48H2,1-7H3,(H,84,97)(H,86,94)(H,87,96)/t50?,59-,60?,61-,67+,72-/m1/s1. The summed E-state index contributed by atoms with van der Waals surface area (Å²) in [5, 5.41) is 20.2. The van der Waals surface area contributed by atoms with Crippen LogP contribution in [-0.4, -0.2) is 209 Å². The molecule has 5 aromatic carbocycles. The zero-order chi connectivity index (χ0) is 77.5. The topological polar surface area (TPSA) is 270 Å². The van der Waals surface area contributed by atoms with Crippen molar-refractivity contribution >= 4 is 101 Å². The van der Waals surface area contributed by atoms with Gasteiger partial charge in [0.2, 0.25) is 23.6 Å². The summed E-state index contributed by atoms with van der Waals surface area (Å²) >= 11 is 9.18. The highest BCUT2D eigenvalue weighted by atomic mass is 35.5. The SMILES string of the molecule is Cc1ncsc1-c1ccc(C(C)NC(=O)[C@@H]2C[C@@H](O)CN2C(=O)[C@@H](NC(=O)COCCOCC(=O)N2CCN(CC[C@H](CSc3ccccc3)Nc3ccc(S(=O)(=O)NC(=O)c4ccc5c(c4)CCC4CN(CC6=C(c7ccc(Cl)cc7)CCC(C)(C)C6)CCN54)cc3S(=O)(=O)C(F)(F)F)CC2)C(C)(C)C)cc1. The number of aromatic nitrogens is 1. The van der Waals surface area contributed by atoms with Crippen LogP contribution in [-0.2, 0) is 54.9 Å². The average Bonchev–Trinajstić information content (AvgIpc) is 0.982. The van der Waals surface area contributed by atoms with E-state index in [0.29, 0.717) is 50.2 Å². The first-order valence-electron chi connectivity index (χ1n) is 36.5. The number of nitrogens with one attached hydrogen (secondary N) is 4. The number of allylic oxidation sites excluding steroid dienone is 1. The highest BCUT2D eigenvalue weighted by Crippen LogP contribution is 2.44. The number of carbonyl (C=O) groups is 5. The third-order valence-corrected chi connectivity index (χ3v) is 26.0. The number of thioether (sulfide) groups is 1. The third kappa shape index (κ3) is 20.4. The maximum Gasteiger partial charge on any atom is 0.501 e. The van der Waals surface area contributed by atoms with Crippen LogP contribution in [0.5, 0.6) is 0 Å². The van der Waals surface area contributed by atoms with Gasteiger partial charge in [-0.1, -0.05) is 106 Å². The number of carbonyl (C=O) groups excluding carboxylic acids is 5. The number of thiazole rings is 1. The van der Waals surface area contributed by atoms with Gasteiger partial charge in [0.15, 0.2) is 0 Å². The number of fused-ring (bicyclic) bond motifs is 3. The van der Waals surface area contributed by atoms with Crippen molar-refractivity contribution in [3.05, 3.63) is 159 Å². The molecule has 4 aliphatic heterocycles. The number of β-amino-alcohol motifs (C(OH)–C–C–N with tert-alkyl or cyclic N) is 1. The fourth-order valence-electron chi connectivity index (χ4n) is 14.8. The van der Waals surface area contributed by atoms with Crippen molar-refractivity contribution in [1.82, 2.24) is 39.9 Å². The van der Waals surface area contributed by atoms with Gasteiger partial charge in [-0.15, -0.1) is 23.1 Å². The zero-order valence-corrected chi connectivity index (χ0v) is 65.9. The third-order valence-electron chi connectivity index (χ3n) is 20.8. The van der Waals surface area contributed by atoms with Crippen molar-refractivity contribution in [1.29, 1.82) is 0 Å². The van der Waals surface area contributed by atoms with Crippen molar-refractivity contribution in [2.24, 2.45) is 10.8 Å². The number of hydrogen-bond acceptors (Lipinski definition) is 19. The second-order valence-electron chi connectivity index (χ2n) is 30.4. The van der Waals surface area contributed by atoms with E-state index in [1.54, 1.807) is 54.7 Å². The Bertz CT molecular complexity index is 4480. The number of sulfone groups is 1. The first-order valence-corrected chi connectivity index (χ1v) is 41.7. The maximum absolute atomic E-state index is 14.7. The number of amides is 5. The second kappa shape index (κ2) is 34.9. The highest BCUT2D eigenvalue weighted by Gasteiger charge is 2.49. The Labute approximate surface area is 643 Å². The number of aryl methyl sites for hydroxylation is 2. The number of piperazine rings is 2. The Morgan fingerprint density at radius 1 is 0.815 bits per heavy atom. The number of rotatable bonds is 28. The molecule has 6 aromatic rings. The minimum absolute atomic E-state index is 0.00943. The van der Waals surface area contributed by atoms with Crippen LogP contribution in [0, 0.1) is 17.8 Å². The van der Waals surface area contributed by atoms with Gasteiger partial charge in [-0.2, -0.15) is 13.2 Å². The fraction of sp³-hybridized carbons (Fsp3) is 0.487. The van der Waals surface area contributed by atoms with Crippen LogP contribution in [0.1, 0.15) is 119 Å². The summed E-state index contributed by atoms with van der Waals surface area (Å²) in [6.07, 6.45) is 3.83. The lowest BCUT2D eigenvalue weighted by molar-refractivity contribution is -0.145. The molecule has 1 aromatic heterocycles. The van der Waals surface area contributed by atoms with E-state index in [2.05, 4.69) is 61.6 Å². The molecule has 0 spiro atoms.